The smallest absolute Gasteiger partial charge is 0.191 e. The predicted molar refractivity (Wildman–Crippen MR) is 111 cm³/mol. The lowest BCUT2D eigenvalue weighted by Gasteiger charge is -2.12. The van der Waals surface area contributed by atoms with Crippen molar-refractivity contribution in [2.75, 3.05) is 26.2 Å². The first-order valence-corrected chi connectivity index (χ1v) is 9.49. The minimum Gasteiger partial charge on any atom is -0.490 e. The van der Waals surface area contributed by atoms with Crippen molar-refractivity contribution < 1.29 is 4.74 Å². The van der Waals surface area contributed by atoms with Crippen LogP contribution in [0.2, 0.25) is 0 Å². The highest BCUT2D eigenvalue weighted by Crippen LogP contribution is 2.09. The fourth-order valence-corrected chi connectivity index (χ4v) is 2.65. The van der Waals surface area contributed by atoms with Gasteiger partial charge in [-0.25, -0.2) is 4.68 Å². The number of nitrogens with zero attached hydrogens (tertiary/aromatic N) is 4. The predicted octanol–water partition coefficient (Wildman–Crippen LogP) is 2.44. The number of hydrogen-bond donors (Lipinski definition) is 2. The van der Waals surface area contributed by atoms with Gasteiger partial charge in [-0.15, -0.1) is 0 Å². The van der Waals surface area contributed by atoms with Gasteiger partial charge in [0.25, 0.3) is 0 Å². The summed E-state index contributed by atoms with van der Waals surface area (Å²) >= 11 is 0. The maximum atomic E-state index is 5.64. The summed E-state index contributed by atoms with van der Waals surface area (Å²) in [6, 6.07) is 14.1. The first-order chi connectivity index (χ1) is 13.8. The Morgan fingerprint density at radius 1 is 1.11 bits per heavy atom. The highest BCUT2D eigenvalue weighted by atomic mass is 16.5. The molecular formula is C21H26N6O. The van der Waals surface area contributed by atoms with Gasteiger partial charge in [0.1, 0.15) is 12.4 Å². The van der Waals surface area contributed by atoms with Gasteiger partial charge in [-0.05, 0) is 49.2 Å². The van der Waals surface area contributed by atoms with Crippen LogP contribution in [0, 0.1) is 0 Å². The van der Waals surface area contributed by atoms with Gasteiger partial charge < -0.3 is 15.4 Å². The zero-order valence-electron chi connectivity index (χ0n) is 16.1. The van der Waals surface area contributed by atoms with Crippen molar-refractivity contribution in [1.82, 2.24) is 25.4 Å². The van der Waals surface area contributed by atoms with Gasteiger partial charge in [0.2, 0.25) is 0 Å². The fraction of sp³-hybridized carbons (Fsp3) is 0.286. The number of ether oxygens (including phenoxy) is 1. The van der Waals surface area contributed by atoms with Crippen LogP contribution in [-0.4, -0.2) is 47.0 Å². The Labute approximate surface area is 165 Å². The van der Waals surface area contributed by atoms with E-state index in [-0.39, 0.29) is 0 Å². The summed E-state index contributed by atoms with van der Waals surface area (Å²) in [5.74, 6) is 1.57. The SMILES string of the molecule is CCNC(=NCCc1ccc(-n2cccn2)cc1)NCCOc1cccnc1. The lowest BCUT2D eigenvalue weighted by Crippen LogP contribution is -2.39. The quantitative estimate of drug-likeness (QED) is 0.340. The van der Waals surface area contributed by atoms with Crippen LogP contribution in [0.25, 0.3) is 5.69 Å². The van der Waals surface area contributed by atoms with Crippen molar-refractivity contribution in [3.05, 3.63) is 72.8 Å². The Morgan fingerprint density at radius 3 is 2.71 bits per heavy atom. The monoisotopic (exact) mass is 378 g/mol. The van der Waals surface area contributed by atoms with Crippen molar-refractivity contribution >= 4 is 5.96 Å². The van der Waals surface area contributed by atoms with E-state index in [4.69, 9.17) is 4.74 Å². The molecule has 0 fully saturated rings. The molecule has 0 saturated carbocycles. The lowest BCUT2D eigenvalue weighted by atomic mass is 10.1. The van der Waals surface area contributed by atoms with E-state index in [1.165, 1.54) is 5.56 Å². The van der Waals surface area contributed by atoms with E-state index in [2.05, 4.69) is 56.9 Å². The summed E-state index contributed by atoms with van der Waals surface area (Å²) < 4.78 is 7.49. The molecule has 2 N–H and O–H groups in total. The molecule has 0 spiro atoms. The molecule has 28 heavy (non-hydrogen) atoms. The molecule has 7 heteroatoms. The highest BCUT2D eigenvalue weighted by Gasteiger charge is 2.00. The molecule has 2 heterocycles. The first-order valence-electron chi connectivity index (χ1n) is 9.49. The molecule has 0 amide bonds. The summed E-state index contributed by atoms with van der Waals surface area (Å²) in [6.45, 7) is 4.79. The molecule has 3 rings (SSSR count). The Hall–Kier alpha value is -3.35. The van der Waals surface area contributed by atoms with Crippen LogP contribution in [0.4, 0.5) is 0 Å². The summed E-state index contributed by atoms with van der Waals surface area (Å²) in [5.41, 5.74) is 2.30. The third kappa shape index (κ3) is 6.12. The van der Waals surface area contributed by atoms with Crippen molar-refractivity contribution in [2.45, 2.75) is 13.3 Å². The lowest BCUT2D eigenvalue weighted by molar-refractivity contribution is 0.320. The summed E-state index contributed by atoms with van der Waals surface area (Å²) in [6.07, 6.45) is 8.02. The van der Waals surface area contributed by atoms with Crippen LogP contribution in [0.15, 0.2) is 72.2 Å². The molecule has 1 aromatic carbocycles. The van der Waals surface area contributed by atoms with E-state index in [0.29, 0.717) is 19.7 Å². The summed E-state index contributed by atoms with van der Waals surface area (Å²) in [7, 11) is 0. The molecule has 0 aliphatic rings. The van der Waals surface area contributed by atoms with E-state index < -0.39 is 0 Å². The third-order valence-electron chi connectivity index (χ3n) is 4.02. The normalized spacial score (nSPS) is 11.2. The number of hydrogen-bond acceptors (Lipinski definition) is 4. The third-order valence-corrected chi connectivity index (χ3v) is 4.02. The molecule has 146 valence electrons. The number of nitrogens with one attached hydrogen (secondary N) is 2. The van der Waals surface area contributed by atoms with Crippen LogP contribution in [-0.2, 0) is 6.42 Å². The van der Waals surface area contributed by atoms with Gasteiger partial charge in [-0.3, -0.25) is 9.98 Å². The van der Waals surface area contributed by atoms with E-state index in [1.807, 2.05) is 29.1 Å². The minimum atomic E-state index is 0.547. The number of benzene rings is 1. The first kappa shape index (κ1) is 19.4. The van der Waals surface area contributed by atoms with Gasteiger partial charge in [-0.2, -0.15) is 5.10 Å². The average molecular weight is 378 g/mol. The fourth-order valence-electron chi connectivity index (χ4n) is 2.65. The zero-order valence-corrected chi connectivity index (χ0v) is 16.1. The largest absolute Gasteiger partial charge is 0.490 e. The Kier molecular flexibility index (Phi) is 7.43. The Bertz CT molecular complexity index is 831. The van der Waals surface area contributed by atoms with E-state index in [1.54, 1.807) is 18.6 Å². The second-order valence-corrected chi connectivity index (χ2v) is 6.09. The maximum Gasteiger partial charge on any atom is 0.191 e. The Balaban J connectivity index is 1.43. The summed E-state index contributed by atoms with van der Waals surface area (Å²) in [4.78, 5) is 8.67. The number of aromatic nitrogens is 3. The number of aliphatic imine (C=N–C) groups is 1. The molecule has 7 nitrogen and oxygen atoms in total. The van der Waals surface area contributed by atoms with Crippen molar-refractivity contribution in [3.63, 3.8) is 0 Å². The minimum absolute atomic E-state index is 0.547. The second-order valence-electron chi connectivity index (χ2n) is 6.09. The number of pyridine rings is 1. The molecule has 0 aliphatic heterocycles. The van der Waals surface area contributed by atoms with E-state index >= 15 is 0 Å². The average Bonchev–Trinajstić information content (AvgIpc) is 3.27. The second kappa shape index (κ2) is 10.7. The van der Waals surface area contributed by atoms with Gasteiger partial charge in [0.15, 0.2) is 5.96 Å². The number of rotatable bonds is 9. The molecule has 2 aromatic heterocycles. The highest BCUT2D eigenvalue weighted by molar-refractivity contribution is 5.79. The summed E-state index contributed by atoms with van der Waals surface area (Å²) in [5, 5.41) is 10.8. The molecule has 0 aliphatic carbocycles. The van der Waals surface area contributed by atoms with Gasteiger partial charge in [0, 0.05) is 31.7 Å². The van der Waals surface area contributed by atoms with Gasteiger partial charge in [-0.1, -0.05) is 12.1 Å². The molecule has 0 radical (unpaired) electrons. The van der Waals surface area contributed by atoms with Gasteiger partial charge >= 0.3 is 0 Å². The molecule has 0 unspecified atom stereocenters. The van der Waals surface area contributed by atoms with Gasteiger partial charge in [0.05, 0.1) is 18.4 Å². The van der Waals surface area contributed by atoms with Crippen LogP contribution in [0.3, 0.4) is 0 Å². The molecule has 3 aromatic rings. The molecular weight excluding hydrogens is 352 g/mol. The van der Waals surface area contributed by atoms with E-state index in [9.17, 15) is 0 Å². The van der Waals surface area contributed by atoms with Crippen LogP contribution >= 0.6 is 0 Å². The van der Waals surface area contributed by atoms with Crippen molar-refractivity contribution in [2.24, 2.45) is 4.99 Å². The molecule has 0 atom stereocenters. The standard InChI is InChI=1S/C21H26N6O/c1-2-23-21(25-14-16-28-20-5-3-11-22-17-20)24-13-10-18-6-8-19(9-7-18)27-15-4-12-26-27/h3-9,11-12,15,17H,2,10,13-14,16H2,1H3,(H2,23,24,25). The van der Waals surface area contributed by atoms with Crippen molar-refractivity contribution in [1.29, 1.82) is 0 Å². The molecule has 0 saturated heterocycles. The van der Waals surface area contributed by atoms with Crippen molar-refractivity contribution in [3.8, 4) is 11.4 Å². The van der Waals surface area contributed by atoms with Crippen LogP contribution in [0.1, 0.15) is 12.5 Å². The van der Waals surface area contributed by atoms with Crippen LogP contribution < -0.4 is 15.4 Å². The maximum absolute atomic E-state index is 5.64. The Morgan fingerprint density at radius 2 is 2.00 bits per heavy atom. The topological polar surface area (TPSA) is 76.4 Å². The van der Waals surface area contributed by atoms with Crippen LogP contribution in [0.5, 0.6) is 5.75 Å². The van der Waals surface area contributed by atoms with E-state index in [0.717, 1.165) is 30.4 Å². The number of guanidine groups is 1. The molecule has 0 bridgehead atoms. The zero-order chi connectivity index (χ0) is 19.4.